The van der Waals surface area contributed by atoms with E-state index >= 15 is 0 Å². The van der Waals surface area contributed by atoms with Crippen molar-refractivity contribution in [2.45, 2.75) is 12.4 Å². The molecule has 9 nitrogen and oxygen atoms in total. The third-order valence-corrected chi connectivity index (χ3v) is 13.9. The summed E-state index contributed by atoms with van der Waals surface area (Å²) < 4.78 is 88.2. The van der Waals surface area contributed by atoms with Gasteiger partial charge in [0, 0.05) is 49.7 Å². The first kappa shape index (κ1) is 51.5. The lowest BCUT2D eigenvalue weighted by Crippen LogP contribution is -2.06. The first-order chi connectivity index (χ1) is 39.1. The van der Waals surface area contributed by atoms with E-state index in [9.17, 15) is 57.9 Å². The molecule has 0 saturated heterocycles. The van der Waals surface area contributed by atoms with E-state index in [-0.39, 0.29) is 78.3 Å². The SMILES string of the molecule is N#Cc1cc(C#N)c(-c2ccc3c(c2)c2cc(-c4c(C#N)cc(C#N)cc4C#N)ccc2n3-c2c(-c3ccc(C(F)(F)F)cc3)cc(-c3nc(-c4ccccc4)cc(-c4ccccc4)n3)cc2-c2ccc(C(F)(F)F)cc2)c(C#N)c1. The minimum atomic E-state index is -4.73. The molecule has 0 aliphatic rings. The second-order valence-corrected chi connectivity index (χ2v) is 18.6. The van der Waals surface area contributed by atoms with Gasteiger partial charge >= 0.3 is 12.4 Å². The number of aromatic nitrogens is 3. The van der Waals surface area contributed by atoms with Gasteiger partial charge in [0.15, 0.2) is 5.82 Å². The van der Waals surface area contributed by atoms with Crippen molar-refractivity contribution >= 4 is 21.8 Å². The van der Waals surface area contributed by atoms with Crippen LogP contribution in [-0.4, -0.2) is 14.5 Å². The maximum absolute atomic E-state index is 14.4. The van der Waals surface area contributed by atoms with Crippen molar-refractivity contribution < 1.29 is 26.3 Å². The summed E-state index contributed by atoms with van der Waals surface area (Å²) in [7, 11) is 0. The minimum Gasteiger partial charge on any atom is -0.308 e. The molecule has 0 spiro atoms. The molecule has 81 heavy (non-hydrogen) atoms. The molecule has 11 aromatic rings. The van der Waals surface area contributed by atoms with Crippen LogP contribution >= 0.6 is 0 Å². The van der Waals surface area contributed by atoms with Crippen molar-refractivity contribution in [1.82, 2.24) is 14.5 Å². The van der Waals surface area contributed by atoms with Gasteiger partial charge in [-0.15, -0.1) is 0 Å². The summed E-state index contributed by atoms with van der Waals surface area (Å²) in [6, 6.07) is 60.8. The smallest absolute Gasteiger partial charge is 0.308 e. The van der Waals surface area contributed by atoms with Gasteiger partial charge in [-0.1, -0.05) is 97.1 Å². The fraction of sp³-hybridized carbons (Fsp3) is 0.0303. The fourth-order valence-electron chi connectivity index (χ4n) is 10.2. The third-order valence-electron chi connectivity index (χ3n) is 13.9. The molecule has 0 atom stereocenters. The highest BCUT2D eigenvalue weighted by Gasteiger charge is 2.32. The van der Waals surface area contributed by atoms with Crippen LogP contribution < -0.4 is 0 Å². The summed E-state index contributed by atoms with van der Waals surface area (Å²) in [5.74, 6) is 0.174. The highest BCUT2D eigenvalue weighted by molar-refractivity contribution is 6.13. The Bertz CT molecular complexity index is 4300. The normalized spacial score (nSPS) is 11.3. The zero-order chi connectivity index (χ0) is 56.7. The van der Waals surface area contributed by atoms with Crippen molar-refractivity contribution in [2.75, 3.05) is 0 Å². The number of fused-ring (bicyclic) bond motifs is 3. The Morgan fingerprint density at radius 1 is 0.346 bits per heavy atom. The van der Waals surface area contributed by atoms with Crippen molar-refractivity contribution in [3.05, 3.63) is 233 Å². The Morgan fingerprint density at radius 3 is 1.04 bits per heavy atom. The molecule has 0 bridgehead atoms. The van der Waals surface area contributed by atoms with Gasteiger partial charge in [0.2, 0.25) is 0 Å². The number of hydrogen-bond acceptors (Lipinski definition) is 8. The van der Waals surface area contributed by atoms with E-state index in [1.54, 1.807) is 48.5 Å². The molecule has 2 aromatic heterocycles. The zero-order valence-electron chi connectivity index (χ0n) is 41.7. The monoisotopic (exact) mass is 1060 g/mol. The largest absolute Gasteiger partial charge is 0.416 e. The molecule has 15 heteroatoms. The molecule has 2 heterocycles. The Kier molecular flexibility index (Phi) is 13.0. The summed E-state index contributed by atoms with van der Waals surface area (Å²) in [5, 5.41) is 62.2. The molecule has 0 amide bonds. The summed E-state index contributed by atoms with van der Waals surface area (Å²) in [6.45, 7) is 0. The molecule has 0 aliphatic heterocycles. The molecule has 0 N–H and O–H groups in total. The number of benzene rings is 9. The number of hydrogen-bond donors (Lipinski definition) is 0. The van der Waals surface area contributed by atoms with Crippen LogP contribution in [0.1, 0.15) is 44.5 Å². The van der Waals surface area contributed by atoms with Gasteiger partial charge in [-0.05, 0) is 113 Å². The molecular weight excluding hydrogens is 1030 g/mol. The number of nitriles is 6. The van der Waals surface area contributed by atoms with Crippen LogP contribution in [0.5, 0.6) is 0 Å². The average Bonchev–Trinajstić information content (AvgIpc) is 3.87. The van der Waals surface area contributed by atoms with E-state index in [1.165, 1.54) is 48.5 Å². The summed E-state index contributed by atoms with van der Waals surface area (Å²) in [6.07, 6.45) is -9.46. The van der Waals surface area contributed by atoms with Gasteiger partial charge in [0.05, 0.1) is 109 Å². The van der Waals surface area contributed by atoms with Crippen LogP contribution in [0.3, 0.4) is 0 Å². The highest BCUT2D eigenvalue weighted by atomic mass is 19.4. The topological polar surface area (TPSA) is 173 Å². The van der Waals surface area contributed by atoms with Crippen molar-refractivity contribution in [1.29, 1.82) is 31.6 Å². The molecule has 382 valence electrons. The van der Waals surface area contributed by atoms with Gasteiger partial charge in [-0.2, -0.15) is 57.9 Å². The Hall–Kier alpha value is -11.6. The second kappa shape index (κ2) is 20.4. The lowest BCUT2D eigenvalue weighted by atomic mass is 9.91. The van der Waals surface area contributed by atoms with Crippen LogP contribution in [0.4, 0.5) is 26.3 Å². The Balaban J connectivity index is 1.30. The zero-order valence-corrected chi connectivity index (χ0v) is 41.7. The molecular formula is C66H31F6N9. The molecule has 0 aliphatic carbocycles. The van der Waals surface area contributed by atoms with Gasteiger partial charge in [0.1, 0.15) is 0 Å². The van der Waals surface area contributed by atoms with Crippen molar-refractivity contribution in [2.24, 2.45) is 0 Å². The van der Waals surface area contributed by atoms with Gasteiger partial charge in [-0.25, -0.2) is 9.97 Å². The van der Waals surface area contributed by atoms with Crippen molar-refractivity contribution in [3.8, 4) is 121 Å². The van der Waals surface area contributed by atoms with Crippen LogP contribution in [0.15, 0.2) is 188 Å². The number of rotatable bonds is 8. The van der Waals surface area contributed by atoms with E-state index in [2.05, 4.69) is 24.3 Å². The predicted octanol–water partition coefficient (Wildman–Crippen LogP) is 16.5. The standard InChI is InChI=1S/C66H31F6N9/c67-65(68,69)51-17-11-40(12-18-51)53-29-46(64-79-57(42-7-3-1-4-8-42)31-58(80-64)43-9-5-2-6-10-43)30-54(41-13-19-52(20-14-41)66(70,71)72)63(53)81-59-21-15-44(61-47(34-75)23-38(32-73)24-48(61)35-76)27-55(59)56-28-45(16-22-60(56)81)62-49(36-77)25-39(33-74)26-50(62)37-78/h1-31H. The summed E-state index contributed by atoms with van der Waals surface area (Å²) >= 11 is 0. The third kappa shape index (κ3) is 9.47. The van der Waals surface area contributed by atoms with E-state index < -0.39 is 23.5 Å². The molecule has 0 fully saturated rings. The average molecular weight is 1060 g/mol. The van der Waals surface area contributed by atoms with Crippen LogP contribution in [-0.2, 0) is 12.4 Å². The van der Waals surface area contributed by atoms with Crippen molar-refractivity contribution in [3.63, 3.8) is 0 Å². The van der Waals surface area contributed by atoms with Crippen LogP contribution in [0, 0.1) is 68.0 Å². The van der Waals surface area contributed by atoms with E-state index in [0.717, 1.165) is 35.4 Å². The Labute approximate surface area is 457 Å². The fourth-order valence-corrected chi connectivity index (χ4v) is 10.2. The molecule has 11 rings (SSSR count). The number of nitrogens with zero attached hydrogens (tertiary/aromatic N) is 9. The van der Waals surface area contributed by atoms with Gasteiger partial charge < -0.3 is 4.57 Å². The molecule has 0 radical (unpaired) electrons. The number of halogens is 6. The van der Waals surface area contributed by atoms with Crippen LogP contribution in [0.25, 0.3) is 106 Å². The van der Waals surface area contributed by atoms with Crippen LogP contribution in [0.2, 0.25) is 0 Å². The second-order valence-electron chi connectivity index (χ2n) is 18.6. The molecule has 9 aromatic carbocycles. The summed E-state index contributed by atoms with van der Waals surface area (Å²) in [5.41, 5.74) is 4.51. The predicted molar refractivity (Wildman–Crippen MR) is 293 cm³/mol. The quantitative estimate of drug-likeness (QED) is 0.135. The van der Waals surface area contributed by atoms with Gasteiger partial charge in [-0.3, -0.25) is 0 Å². The maximum Gasteiger partial charge on any atom is 0.416 e. The molecule has 0 saturated carbocycles. The van der Waals surface area contributed by atoms with E-state index in [4.69, 9.17) is 9.97 Å². The lowest BCUT2D eigenvalue weighted by Gasteiger charge is -2.22. The van der Waals surface area contributed by atoms with E-state index in [0.29, 0.717) is 49.9 Å². The van der Waals surface area contributed by atoms with Gasteiger partial charge in [0.25, 0.3) is 0 Å². The summed E-state index contributed by atoms with van der Waals surface area (Å²) in [4.78, 5) is 10.1. The molecule has 0 unspecified atom stereocenters. The number of alkyl halides is 6. The lowest BCUT2D eigenvalue weighted by molar-refractivity contribution is -0.138. The Morgan fingerprint density at radius 2 is 0.704 bits per heavy atom. The maximum atomic E-state index is 14.4. The first-order valence-corrected chi connectivity index (χ1v) is 24.5. The first-order valence-electron chi connectivity index (χ1n) is 24.5. The highest BCUT2D eigenvalue weighted by Crippen LogP contribution is 2.47. The minimum absolute atomic E-state index is 0.0167. The van der Waals surface area contributed by atoms with E-state index in [1.807, 2.05) is 83.4 Å².